The van der Waals surface area contributed by atoms with Gasteiger partial charge in [0.2, 0.25) is 5.91 Å². The van der Waals surface area contributed by atoms with Crippen LogP contribution in [0.25, 0.3) is 0 Å². The van der Waals surface area contributed by atoms with Gasteiger partial charge < -0.3 is 19.6 Å². The van der Waals surface area contributed by atoms with E-state index in [-0.39, 0.29) is 5.91 Å². The van der Waals surface area contributed by atoms with Crippen LogP contribution in [0.1, 0.15) is 23.4 Å². The maximum atomic E-state index is 12.7. The minimum Gasteiger partial charge on any atom is -0.354 e. The summed E-state index contributed by atoms with van der Waals surface area (Å²) in [7, 11) is 2.16. The van der Waals surface area contributed by atoms with Gasteiger partial charge in [0.1, 0.15) is 17.5 Å². The third-order valence-corrected chi connectivity index (χ3v) is 6.30. The van der Waals surface area contributed by atoms with Crippen LogP contribution in [-0.4, -0.2) is 85.1 Å². The lowest BCUT2D eigenvalue weighted by Crippen LogP contribution is -2.49. The molecule has 31 heavy (non-hydrogen) atoms. The zero-order chi connectivity index (χ0) is 21.8. The summed E-state index contributed by atoms with van der Waals surface area (Å²) in [4.78, 5) is 31.1. The maximum Gasteiger partial charge on any atom is 0.223 e. The number of amides is 1. The summed E-state index contributed by atoms with van der Waals surface area (Å²) >= 11 is 0. The molecular formula is C24H34N6O. The lowest BCUT2D eigenvalue weighted by molar-refractivity contribution is -0.131. The van der Waals surface area contributed by atoms with Gasteiger partial charge in [-0.3, -0.25) is 4.79 Å². The van der Waals surface area contributed by atoms with E-state index in [9.17, 15) is 4.79 Å². The standard InChI is InChI=1S/C24H34N6O/c1-19-5-4-6-21(17-19)7-8-24(31)30-15-13-29(14-16-30)23-18-22(25-20(2)26-23)28-11-9-27(3)10-12-28/h4-6,17-18H,7-16H2,1-3H3. The van der Waals surface area contributed by atoms with E-state index in [0.717, 1.165) is 76.2 Å². The van der Waals surface area contributed by atoms with Gasteiger partial charge in [0.25, 0.3) is 0 Å². The number of hydrogen-bond donors (Lipinski definition) is 0. The molecule has 1 aromatic carbocycles. The lowest BCUT2D eigenvalue weighted by atomic mass is 10.1. The van der Waals surface area contributed by atoms with Crippen LogP contribution in [0.5, 0.6) is 0 Å². The fourth-order valence-electron chi connectivity index (χ4n) is 4.36. The number of carbonyl (C=O) groups is 1. The fraction of sp³-hybridized carbons (Fsp3) is 0.542. The van der Waals surface area contributed by atoms with Crippen molar-refractivity contribution in [3.05, 3.63) is 47.3 Å². The molecule has 3 heterocycles. The van der Waals surface area contributed by atoms with Gasteiger partial charge in [0, 0.05) is 64.8 Å². The average molecular weight is 423 g/mol. The summed E-state index contributed by atoms with van der Waals surface area (Å²) in [6.45, 7) is 11.3. The highest BCUT2D eigenvalue weighted by atomic mass is 16.2. The van der Waals surface area contributed by atoms with Crippen LogP contribution >= 0.6 is 0 Å². The Labute approximate surface area is 185 Å². The smallest absolute Gasteiger partial charge is 0.223 e. The Hall–Kier alpha value is -2.67. The average Bonchev–Trinajstić information content (AvgIpc) is 2.78. The third-order valence-electron chi connectivity index (χ3n) is 6.30. The zero-order valence-electron chi connectivity index (χ0n) is 19.0. The van der Waals surface area contributed by atoms with E-state index < -0.39 is 0 Å². The molecule has 0 saturated carbocycles. The van der Waals surface area contributed by atoms with Crippen molar-refractivity contribution >= 4 is 17.5 Å². The first-order valence-electron chi connectivity index (χ1n) is 11.4. The summed E-state index contributed by atoms with van der Waals surface area (Å²) in [6.07, 6.45) is 1.38. The molecule has 2 aliphatic rings. The van der Waals surface area contributed by atoms with E-state index in [4.69, 9.17) is 4.98 Å². The van der Waals surface area contributed by atoms with Gasteiger partial charge >= 0.3 is 0 Å². The van der Waals surface area contributed by atoms with Crippen molar-refractivity contribution in [2.45, 2.75) is 26.7 Å². The Balaban J connectivity index is 1.32. The van der Waals surface area contributed by atoms with Gasteiger partial charge in [0.15, 0.2) is 0 Å². The molecule has 0 aliphatic carbocycles. The predicted octanol–water partition coefficient (Wildman–Crippen LogP) is 2.13. The monoisotopic (exact) mass is 422 g/mol. The molecule has 4 rings (SSSR count). The quantitative estimate of drug-likeness (QED) is 0.736. The normalized spacial score (nSPS) is 17.8. The molecule has 2 saturated heterocycles. The molecule has 1 amide bonds. The molecule has 0 bridgehead atoms. The zero-order valence-corrected chi connectivity index (χ0v) is 19.0. The predicted molar refractivity (Wildman–Crippen MR) is 125 cm³/mol. The summed E-state index contributed by atoms with van der Waals surface area (Å²) < 4.78 is 0. The first-order valence-corrected chi connectivity index (χ1v) is 11.4. The lowest BCUT2D eigenvalue weighted by Gasteiger charge is -2.37. The second-order valence-electron chi connectivity index (χ2n) is 8.78. The van der Waals surface area contributed by atoms with Crippen LogP contribution in [0.3, 0.4) is 0 Å². The first kappa shape index (κ1) is 21.6. The van der Waals surface area contributed by atoms with Crippen molar-refractivity contribution in [1.82, 2.24) is 19.8 Å². The van der Waals surface area contributed by atoms with E-state index in [1.165, 1.54) is 11.1 Å². The number of aromatic nitrogens is 2. The molecule has 2 fully saturated rings. The van der Waals surface area contributed by atoms with Crippen molar-refractivity contribution in [2.75, 3.05) is 69.2 Å². The SMILES string of the molecule is Cc1cccc(CCC(=O)N2CCN(c3cc(N4CCN(C)CC4)nc(C)n3)CC2)c1. The molecule has 0 radical (unpaired) electrons. The van der Waals surface area contributed by atoms with E-state index in [0.29, 0.717) is 6.42 Å². The van der Waals surface area contributed by atoms with Crippen LogP contribution in [-0.2, 0) is 11.2 Å². The topological polar surface area (TPSA) is 55.8 Å². The second kappa shape index (κ2) is 9.64. The van der Waals surface area contributed by atoms with Gasteiger partial charge in [-0.25, -0.2) is 9.97 Å². The molecule has 0 atom stereocenters. The van der Waals surface area contributed by atoms with Crippen molar-refractivity contribution in [3.63, 3.8) is 0 Å². The number of hydrogen-bond acceptors (Lipinski definition) is 6. The van der Waals surface area contributed by atoms with Crippen LogP contribution < -0.4 is 9.80 Å². The fourth-order valence-corrected chi connectivity index (χ4v) is 4.36. The van der Waals surface area contributed by atoms with Crippen molar-refractivity contribution in [1.29, 1.82) is 0 Å². The number of aryl methyl sites for hydroxylation is 3. The number of piperazine rings is 2. The Morgan fingerprint density at radius 3 is 2.10 bits per heavy atom. The van der Waals surface area contributed by atoms with E-state index in [1.807, 2.05) is 11.8 Å². The molecular weight excluding hydrogens is 388 g/mol. The first-order chi connectivity index (χ1) is 15.0. The van der Waals surface area contributed by atoms with E-state index in [1.54, 1.807) is 0 Å². The number of nitrogens with zero attached hydrogens (tertiary/aromatic N) is 6. The second-order valence-corrected chi connectivity index (χ2v) is 8.78. The summed E-state index contributed by atoms with van der Waals surface area (Å²) in [5.74, 6) is 3.06. The Bertz CT molecular complexity index is 901. The van der Waals surface area contributed by atoms with Gasteiger partial charge in [-0.1, -0.05) is 29.8 Å². The Kier molecular flexibility index (Phi) is 6.70. The minimum absolute atomic E-state index is 0.248. The molecule has 2 aliphatic heterocycles. The van der Waals surface area contributed by atoms with E-state index in [2.05, 4.69) is 64.0 Å². The van der Waals surface area contributed by atoms with Crippen molar-refractivity contribution in [3.8, 4) is 0 Å². The van der Waals surface area contributed by atoms with Gasteiger partial charge in [-0.15, -0.1) is 0 Å². The molecule has 7 heteroatoms. The number of rotatable bonds is 5. The number of benzene rings is 1. The van der Waals surface area contributed by atoms with Crippen LogP contribution in [0.2, 0.25) is 0 Å². The molecule has 0 N–H and O–H groups in total. The van der Waals surface area contributed by atoms with E-state index >= 15 is 0 Å². The highest BCUT2D eigenvalue weighted by Gasteiger charge is 2.23. The molecule has 166 valence electrons. The number of anilines is 2. The summed E-state index contributed by atoms with van der Waals surface area (Å²) in [5.41, 5.74) is 2.48. The third kappa shape index (κ3) is 5.53. The van der Waals surface area contributed by atoms with Gasteiger partial charge in [0.05, 0.1) is 0 Å². The summed E-state index contributed by atoms with van der Waals surface area (Å²) in [6, 6.07) is 10.5. The van der Waals surface area contributed by atoms with Crippen LogP contribution in [0, 0.1) is 13.8 Å². The Morgan fingerprint density at radius 1 is 0.871 bits per heavy atom. The molecule has 7 nitrogen and oxygen atoms in total. The largest absolute Gasteiger partial charge is 0.354 e. The Morgan fingerprint density at radius 2 is 1.48 bits per heavy atom. The maximum absolute atomic E-state index is 12.7. The van der Waals surface area contributed by atoms with Crippen molar-refractivity contribution in [2.24, 2.45) is 0 Å². The van der Waals surface area contributed by atoms with Gasteiger partial charge in [-0.05, 0) is 32.9 Å². The van der Waals surface area contributed by atoms with Crippen LogP contribution in [0.15, 0.2) is 30.3 Å². The summed E-state index contributed by atoms with van der Waals surface area (Å²) in [5, 5.41) is 0. The molecule has 1 aromatic heterocycles. The van der Waals surface area contributed by atoms with Crippen LogP contribution in [0.4, 0.5) is 11.6 Å². The highest BCUT2D eigenvalue weighted by molar-refractivity contribution is 5.76. The molecule has 0 unspecified atom stereocenters. The van der Waals surface area contributed by atoms with Crippen molar-refractivity contribution < 1.29 is 4.79 Å². The number of likely N-dealkylation sites (N-methyl/N-ethyl adjacent to an activating group) is 1. The van der Waals surface area contributed by atoms with Gasteiger partial charge in [-0.2, -0.15) is 0 Å². The minimum atomic E-state index is 0.248. The number of carbonyl (C=O) groups excluding carboxylic acids is 1. The molecule has 2 aromatic rings. The highest BCUT2D eigenvalue weighted by Crippen LogP contribution is 2.22. The molecule has 0 spiro atoms.